The maximum atomic E-state index is 12.4. The standard InChI is InChI=1S/C29H56N6O10S/c1-4-29(2,3)26(42)27(43)34-9-8-19(37)33-10-12-46-11-6-5-7-18(36)35-14-17-22(39)23(40)20(32)28(44-17)45-25-16(31)13-15(30)21(38)24(25)41/h15-17,20-26,28,38-42H,4-14,30-32H2,1-3H3,(H,33,37)(H,34,43)(H,35,36)/t15-,16+,17-,20-,21+,22-,23-,24-,25-,26+,28-/m1/s1. The van der Waals surface area contributed by atoms with Crippen LogP contribution in [0.15, 0.2) is 0 Å². The lowest BCUT2D eigenvalue weighted by Crippen LogP contribution is -2.67. The number of nitrogens with two attached hydrogens (primary N) is 3. The van der Waals surface area contributed by atoms with Crippen molar-refractivity contribution in [1.82, 2.24) is 16.0 Å². The monoisotopic (exact) mass is 680 g/mol. The van der Waals surface area contributed by atoms with E-state index in [-0.39, 0.29) is 44.2 Å². The molecule has 11 atom stereocenters. The van der Waals surface area contributed by atoms with Gasteiger partial charge in [0.25, 0.3) is 0 Å². The number of hydrogen-bond acceptors (Lipinski definition) is 14. The lowest BCUT2D eigenvalue weighted by Gasteiger charge is -2.45. The SMILES string of the molecule is CCC(C)(C)[C@@H](O)C(=O)NCCC(=O)NCCSCCCCC(=O)NC[C@H]1O[C@H](O[C@H]2[C@H](O)[C@@H](O)[C@H](N)C[C@@H]2N)[C@H](N)[C@@H](O)[C@@H]1O. The van der Waals surface area contributed by atoms with Crippen LogP contribution < -0.4 is 33.2 Å². The van der Waals surface area contributed by atoms with E-state index in [0.717, 1.165) is 12.2 Å². The van der Waals surface area contributed by atoms with Crippen LogP contribution in [0.5, 0.6) is 0 Å². The molecule has 0 spiro atoms. The number of unbranched alkanes of at least 4 members (excludes halogenated alkanes) is 1. The second-order valence-corrected chi connectivity index (χ2v) is 14.0. The fourth-order valence-corrected chi connectivity index (χ4v) is 5.92. The molecule has 16 nitrogen and oxygen atoms in total. The molecule has 1 heterocycles. The number of ether oxygens (including phenoxy) is 2. The summed E-state index contributed by atoms with van der Waals surface area (Å²) in [7, 11) is 0. The van der Waals surface area contributed by atoms with Crippen molar-refractivity contribution in [3.8, 4) is 0 Å². The molecule has 2 rings (SSSR count). The third kappa shape index (κ3) is 12.1. The fraction of sp³-hybridized carbons (Fsp3) is 0.897. The van der Waals surface area contributed by atoms with E-state index in [2.05, 4.69) is 16.0 Å². The van der Waals surface area contributed by atoms with E-state index < -0.39 is 78.5 Å². The highest BCUT2D eigenvalue weighted by Crippen LogP contribution is 2.27. The molecule has 14 N–H and O–H groups in total. The molecule has 268 valence electrons. The Morgan fingerprint density at radius 1 is 0.891 bits per heavy atom. The van der Waals surface area contributed by atoms with Gasteiger partial charge in [0.1, 0.15) is 36.6 Å². The van der Waals surface area contributed by atoms with E-state index in [1.54, 1.807) is 25.6 Å². The molecule has 0 radical (unpaired) electrons. The first kappa shape index (κ1) is 40.5. The Morgan fingerprint density at radius 2 is 1.57 bits per heavy atom. The molecule has 0 aromatic heterocycles. The average Bonchev–Trinajstić information content (AvgIpc) is 3.01. The van der Waals surface area contributed by atoms with E-state index >= 15 is 0 Å². The number of carbonyl (C=O) groups is 3. The average molecular weight is 681 g/mol. The van der Waals surface area contributed by atoms with Crippen LogP contribution in [-0.2, 0) is 23.9 Å². The molecule has 1 saturated heterocycles. The van der Waals surface area contributed by atoms with Crippen LogP contribution in [0.4, 0.5) is 0 Å². The van der Waals surface area contributed by atoms with Crippen LogP contribution in [0.1, 0.15) is 59.3 Å². The van der Waals surface area contributed by atoms with Crippen molar-refractivity contribution in [3.63, 3.8) is 0 Å². The van der Waals surface area contributed by atoms with Crippen LogP contribution in [-0.4, -0.2) is 142 Å². The first-order chi connectivity index (χ1) is 21.6. The van der Waals surface area contributed by atoms with Crippen molar-refractivity contribution in [2.75, 3.05) is 31.1 Å². The maximum Gasteiger partial charge on any atom is 0.249 e. The van der Waals surface area contributed by atoms with E-state index in [0.29, 0.717) is 25.1 Å². The van der Waals surface area contributed by atoms with Gasteiger partial charge in [0.2, 0.25) is 17.7 Å². The number of aliphatic hydroxyl groups excluding tert-OH is 5. The molecule has 2 fully saturated rings. The fourth-order valence-electron chi connectivity index (χ4n) is 5.06. The van der Waals surface area contributed by atoms with Gasteiger partial charge in [-0.3, -0.25) is 14.4 Å². The molecule has 0 unspecified atom stereocenters. The number of aliphatic hydroxyl groups is 5. The summed E-state index contributed by atoms with van der Waals surface area (Å²) in [6, 6.07) is -2.63. The number of thioether (sulfide) groups is 1. The Labute approximate surface area is 274 Å². The number of nitrogens with one attached hydrogen (secondary N) is 3. The quantitative estimate of drug-likeness (QED) is 0.0623. The zero-order valence-corrected chi connectivity index (χ0v) is 27.9. The molecule has 17 heteroatoms. The lowest BCUT2D eigenvalue weighted by atomic mass is 9.83. The Kier molecular flexibility index (Phi) is 17.1. The first-order valence-corrected chi connectivity index (χ1v) is 17.1. The molecule has 1 aliphatic carbocycles. The third-order valence-corrected chi connectivity index (χ3v) is 9.76. The number of amides is 3. The van der Waals surface area contributed by atoms with Crippen molar-refractivity contribution < 1.29 is 49.4 Å². The topological polar surface area (TPSA) is 285 Å². The molecular formula is C29H56N6O10S. The van der Waals surface area contributed by atoms with E-state index in [1.165, 1.54) is 0 Å². The van der Waals surface area contributed by atoms with Crippen molar-refractivity contribution >= 4 is 29.5 Å². The smallest absolute Gasteiger partial charge is 0.249 e. The van der Waals surface area contributed by atoms with E-state index in [9.17, 15) is 39.9 Å². The number of rotatable bonds is 18. The Balaban J connectivity index is 1.59. The predicted octanol–water partition coefficient (Wildman–Crippen LogP) is -3.64. The summed E-state index contributed by atoms with van der Waals surface area (Å²) in [4.78, 5) is 36.4. The summed E-state index contributed by atoms with van der Waals surface area (Å²) >= 11 is 1.63. The van der Waals surface area contributed by atoms with Gasteiger partial charge in [-0.05, 0) is 36.9 Å². The predicted molar refractivity (Wildman–Crippen MR) is 171 cm³/mol. The number of carbonyl (C=O) groups excluding carboxylic acids is 3. The third-order valence-electron chi connectivity index (χ3n) is 8.69. The van der Waals surface area contributed by atoms with Crippen molar-refractivity contribution in [2.24, 2.45) is 22.6 Å². The lowest BCUT2D eigenvalue weighted by molar-refractivity contribution is -0.288. The van der Waals surface area contributed by atoms with Gasteiger partial charge in [-0.15, -0.1) is 0 Å². The highest BCUT2D eigenvalue weighted by molar-refractivity contribution is 7.99. The minimum absolute atomic E-state index is 0.115. The molecule has 3 amide bonds. The zero-order valence-electron chi connectivity index (χ0n) is 27.0. The normalized spacial score (nSPS) is 32.4. The molecule has 0 bridgehead atoms. The second-order valence-electron chi connectivity index (χ2n) is 12.8. The molecule has 0 aromatic rings. The molecule has 1 aliphatic heterocycles. The largest absolute Gasteiger partial charge is 0.389 e. The van der Waals surface area contributed by atoms with Crippen LogP contribution >= 0.6 is 11.8 Å². The van der Waals surface area contributed by atoms with Crippen molar-refractivity contribution in [3.05, 3.63) is 0 Å². The minimum Gasteiger partial charge on any atom is -0.389 e. The molecule has 0 aromatic carbocycles. The summed E-state index contributed by atoms with van der Waals surface area (Å²) in [5, 5.41) is 59.6. The van der Waals surface area contributed by atoms with Gasteiger partial charge in [-0.1, -0.05) is 20.8 Å². The Hall–Kier alpha value is -1.64. The molecular weight excluding hydrogens is 624 g/mol. The Bertz CT molecular complexity index is 967. The van der Waals surface area contributed by atoms with Gasteiger partial charge in [-0.2, -0.15) is 11.8 Å². The van der Waals surface area contributed by atoms with Crippen molar-refractivity contribution in [2.45, 2.75) is 126 Å². The minimum atomic E-state index is -1.44. The van der Waals surface area contributed by atoms with Gasteiger partial charge in [0.05, 0.1) is 12.1 Å². The van der Waals surface area contributed by atoms with Crippen LogP contribution in [0.25, 0.3) is 0 Å². The summed E-state index contributed by atoms with van der Waals surface area (Å²) in [5.41, 5.74) is 17.3. The summed E-state index contributed by atoms with van der Waals surface area (Å²) in [6.45, 7) is 6.00. The number of hydrogen-bond donors (Lipinski definition) is 11. The summed E-state index contributed by atoms with van der Waals surface area (Å²) in [5.74, 6) is 0.523. The first-order valence-electron chi connectivity index (χ1n) is 16.0. The second kappa shape index (κ2) is 19.4. The Morgan fingerprint density at radius 3 is 2.24 bits per heavy atom. The van der Waals surface area contributed by atoms with E-state index in [4.69, 9.17) is 26.7 Å². The molecule has 1 saturated carbocycles. The van der Waals surface area contributed by atoms with Crippen molar-refractivity contribution in [1.29, 1.82) is 0 Å². The van der Waals surface area contributed by atoms with E-state index in [1.807, 2.05) is 6.92 Å². The molecule has 46 heavy (non-hydrogen) atoms. The summed E-state index contributed by atoms with van der Waals surface area (Å²) < 4.78 is 11.5. The van der Waals surface area contributed by atoms with Gasteiger partial charge in [-0.25, -0.2) is 0 Å². The van der Waals surface area contributed by atoms with Gasteiger partial charge >= 0.3 is 0 Å². The van der Waals surface area contributed by atoms with Crippen LogP contribution in [0.2, 0.25) is 0 Å². The molecule has 2 aliphatic rings. The van der Waals surface area contributed by atoms with Gasteiger partial charge in [0.15, 0.2) is 6.29 Å². The highest BCUT2D eigenvalue weighted by Gasteiger charge is 2.48. The highest BCUT2D eigenvalue weighted by atomic mass is 32.2. The summed E-state index contributed by atoms with van der Waals surface area (Å²) in [6.07, 6.45) is -7.50. The zero-order chi connectivity index (χ0) is 34.6. The maximum absolute atomic E-state index is 12.4. The van der Waals surface area contributed by atoms with Gasteiger partial charge in [0, 0.05) is 50.3 Å². The van der Waals surface area contributed by atoms with Crippen LogP contribution in [0.3, 0.4) is 0 Å². The van der Waals surface area contributed by atoms with Crippen LogP contribution in [0, 0.1) is 5.41 Å². The van der Waals surface area contributed by atoms with Gasteiger partial charge < -0.3 is 68.2 Å².